The number of rotatable bonds is 7. The normalized spacial score (nSPS) is 11.9. The van der Waals surface area contributed by atoms with E-state index < -0.39 is 10.0 Å². The van der Waals surface area contributed by atoms with Crippen LogP contribution < -0.4 is 9.47 Å². The van der Waals surface area contributed by atoms with Crippen LogP contribution in [0.1, 0.15) is 11.1 Å². The zero-order valence-corrected chi connectivity index (χ0v) is 18.4. The summed E-state index contributed by atoms with van der Waals surface area (Å²) in [6, 6.07) is 11.4. The molecule has 0 aliphatic rings. The number of halogens is 1. The standard InChI is InChI=1S/C19H20BrNO4S2/c1-24-16-6-4-13(18(9-16)25-2)10-21(27(3,22)23)11-14-12-26-19-8-15(20)5-7-17(14)19/h4-9,12H,10-11H2,1-3H3. The van der Waals surface area contributed by atoms with E-state index in [-0.39, 0.29) is 6.54 Å². The average Bonchev–Trinajstić information content (AvgIpc) is 3.02. The van der Waals surface area contributed by atoms with Crippen LogP contribution in [0.3, 0.4) is 0 Å². The van der Waals surface area contributed by atoms with Crippen molar-refractivity contribution in [1.29, 1.82) is 0 Å². The molecule has 0 aliphatic heterocycles. The summed E-state index contributed by atoms with van der Waals surface area (Å²) in [5.74, 6) is 1.26. The Kier molecular flexibility index (Phi) is 6.10. The quantitative estimate of drug-likeness (QED) is 0.505. The molecule has 27 heavy (non-hydrogen) atoms. The summed E-state index contributed by atoms with van der Waals surface area (Å²) in [7, 11) is -0.271. The highest BCUT2D eigenvalue weighted by atomic mass is 79.9. The van der Waals surface area contributed by atoms with Crippen LogP contribution in [0.4, 0.5) is 0 Å². The smallest absolute Gasteiger partial charge is 0.211 e. The van der Waals surface area contributed by atoms with Crippen LogP contribution in [-0.2, 0) is 23.1 Å². The Morgan fingerprint density at radius 2 is 1.78 bits per heavy atom. The molecule has 0 fully saturated rings. The first kappa shape index (κ1) is 20.1. The number of hydrogen-bond acceptors (Lipinski definition) is 5. The lowest BCUT2D eigenvalue weighted by Crippen LogP contribution is -2.29. The first-order valence-electron chi connectivity index (χ1n) is 8.13. The second kappa shape index (κ2) is 8.18. The summed E-state index contributed by atoms with van der Waals surface area (Å²) in [5.41, 5.74) is 1.77. The van der Waals surface area contributed by atoms with Crippen molar-refractivity contribution in [3.05, 3.63) is 57.4 Å². The topological polar surface area (TPSA) is 55.8 Å². The van der Waals surface area contributed by atoms with Gasteiger partial charge in [-0.2, -0.15) is 4.31 Å². The molecule has 3 aromatic rings. The highest BCUT2D eigenvalue weighted by Crippen LogP contribution is 2.31. The number of methoxy groups -OCH3 is 2. The summed E-state index contributed by atoms with van der Waals surface area (Å²) >= 11 is 5.08. The van der Waals surface area contributed by atoms with Crippen molar-refractivity contribution in [2.45, 2.75) is 13.1 Å². The Balaban J connectivity index is 1.93. The Labute approximate surface area is 171 Å². The van der Waals surface area contributed by atoms with E-state index in [4.69, 9.17) is 9.47 Å². The molecular formula is C19H20BrNO4S2. The molecule has 0 unspecified atom stereocenters. The molecule has 5 nitrogen and oxygen atoms in total. The summed E-state index contributed by atoms with van der Waals surface area (Å²) in [6.45, 7) is 0.523. The second-order valence-electron chi connectivity index (χ2n) is 6.11. The Morgan fingerprint density at radius 1 is 1.04 bits per heavy atom. The first-order valence-corrected chi connectivity index (χ1v) is 11.7. The van der Waals surface area contributed by atoms with Gasteiger partial charge in [-0.1, -0.05) is 28.1 Å². The third-order valence-corrected chi connectivity index (χ3v) is 6.96. The molecule has 0 atom stereocenters. The van der Waals surface area contributed by atoms with Crippen molar-refractivity contribution in [1.82, 2.24) is 4.31 Å². The van der Waals surface area contributed by atoms with Crippen molar-refractivity contribution in [2.75, 3.05) is 20.5 Å². The Bertz CT molecular complexity index is 1060. The molecule has 0 saturated heterocycles. The zero-order valence-electron chi connectivity index (χ0n) is 15.2. The van der Waals surface area contributed by atoms with Crippen molar-refractivity contribution < 1.29 is 17.9 Å². The minimum absolute atomic E-state index is 0.222. The number of fused-ring (bicyclic) bond motifs is 1. The monoisotopic (exact) mass is 469 g/mol. The van der Waals surface area contributed by atoms with Gasteiger partial charge in [0.05, 0.1) is 20.5 Å². The van der Waals surface area contributed by atoms with Gasteiger partial charge in [0, 0.05) is 33.9 Å². The Hall–Kier alpha value is -1.61. The zero-order chi connectivity index (χ0) is 19.6. The highest BCUT2D eigenvalue weighted by molar-refractivity contribution is 9.10. The number of ether oxygens (including phenoxy) is 2. The predicted octanol–water partition coefficient (Wildman–Crippen LogP) is 4.64. The second-order valence-corrected chi connectivity index (χ2v) is 9.92. The number of sulfonamides is 1. The number of benzene rings is 2. The molecule has 1 heterocycles. The summed E-state index contributed by atoms with van der Waals surface area (Å²) in [6.07, 6.45) is 1.23. The summed E-state index contributed by atoms with van der Waals surface area (Å²) < 4.78 is 39.1. The van der Waals surface area contributed by atoms with Crippen LogP contribution in [-0.4, -0.2) is 33.2 Å². The minimum Gasteiger partial charge on any atom is -0.497 e. The first-order chi connectivity index (χ1) is 12.8. The molecule has 8 heteroatoms. The molecule has 0 radical (unpaired) electrons. The van der Waals surface area contributed by atoms with Crippen molar-refractivity contribution >= 4 is 47.4 Å². The van der Waals surface area contributed by atoms with Gasteiger partial charge < -0.3 is 9.47 Å². The van der Waals surface area contributed by atoms with E-state index in [1.54, 1.807) is 37.7 Å². The average molecular weight is 470 g/mol. The van der Waals surface area contributed by atoms with Crippen molar-refractivity contribution in [3.8, 4) is 11.5 Å². The number of thiophene rings is 1. The number of nitrogens with zero attached hydrogens (tertiary/aromatic N) is 1. The van der Waals surface area contributed by atoms with Crippen molar-refractivity contribution in [2.24, 2.45) is 0 Å². The third kappa shape index (κ3) is 4.63. The molecule has 144 valence electrons. The van der Waals surface area contributed by atoms with Gasteiger partial charge >= 0.3 is 0 Å². The molecular weight excluding hydrogens is 450 g/mol. The van der Waals surface area contributed by atoms with Gasteiger partial charge in [0.25, 0.3) is 0 Å². The van der Waals surface area contributed by atoms with Gasteiger partial charge in [0.15, 0.2) is 0 Å². The van der Waals surface area contributed by atoms with Crippen LogP contribution in [0.25, 0.3) is 10.1 Å². The van der Waals surface area contributed by atoms with Gasteiger partial charge in [0.2, 0.25) is 10.0 Å². The van der Waals surface area contributed by atoms with Crippen LogP contribution in [0.15, 0.2) is 46.3 Å². The van der Waals surface area contributed by atoms with Gasteiger partial charge in [-0.05, 0) is 34.5 Å². The van der Waals surface area contributed by atoms with Gasteiger partial charge in [-0.15, -0.1) is 11.3 Å². The van der Waals surface area contributed by atoms with E-state index in [0.29, 0.717) is 18.0 Å². The van der Waals surface area contributed by atoms with Gasteiger partial charge in [0.1, 0.15) is 11.5 Å². The summed E-state index contributed by atoms with van der Waals surface area (Å²) in [5, 5.41) is 3.08. The van der Waals surface area contributed by atoms with E-state index >= 15 is 0 Å². The fourth-order valence-electron chi connectivity index (χ4n) is 2.83. The molecule has 0 aliphatic carbocycles. The van der Waals surface area contributed by atoms with Crippen LogP contribution >= 0.6 is 27.3 Å². The van der Waals surface area contributed by atoms with E-state index in [1.807, 2.05) is 29.6 Å². The molecule has 0 saturated carbocycles. The molecule has 3 rings (SSSR count). The fraction of sp³-hybridized carbons (Fsp3) is 0.263. The maximum absolute atomic E-state index is 12.4. The van der Waals surface area contributed by atoms with Gasteiger partial charge in [-0.3, -0.25) is 0 Å². The molecule has 0 N–H and O–H groups in total. The third-order valence-electron chi connectivity index (χ3n) is 4.27. The predicted molar refractivity (Wildman–Crippen MR) is 113 cm³/mol. The van der Waals surface area contributed by atoms with E-state index in [1.165, 1.54) is 10.6 Å². The molecule has 2 aromatic carbocycles. The lowest BCUT2D eigenvalue weighted by molar-refractivity contribution is 0.371. The molecule has 0 amide bonds. The SMILES string of the molecule is COc1ccc(CN(Cc2csc3cc(Br)ccc23)S(C)(=O)=O)c(OC)c1. The molecule has 1 aromatic heterocycles. The highest BCUT2D eigenvalue weighted by Gasteiger charge is 2.21. The van der Waals surface area contributed by atoms with Crippen LogP contribution in [0, 0.1) is 0 Å². The Morgan fingerprint density at radius 3 is 2.44 bits per heavy atom. The lowest BCUT2D eigenvalue weighted by atomic mass is 10.1. The fourth-order valence-corrected chi connectivity index (χ4v) is 5.08. The van der Waals surface area contributed by atoms with E-state index in [9.17, 15) is 8.42 Å². The maximum Gasteiger partial charge on any atom is 0.211 e. The number of hydrogen-bond donors (Lipinski definition) is 0. The van der Waals surface area contributed by atoms with E-state index in [2.05, 4.69) is 15.9 Å². The largest absolute Gasteiger partial charge is 0.497 e. The van der Waals surface area contributed by atoms with Crippen LogP contribution in [0.5, 0.6) is 11.5 Å². The van der Waals surface area contributed by atoms with Crippen molar-refractivity contribution in [3.63, 3.8) is 0 Å². The minimum atomic E-state index is -3.41. The maximum atomic E-state index is 12.4. The van der Waals surface area contributed by atoms with Gasteiger partial charge in [-0.25, -0.2) is 8.42 Å². The summed E-state index contributed by atoms with van der Waals surface area (Å²) in [4.78, 5) is 0. The molecule has 0 bridgehead atoms. The lowest BCUT2D eigenvalue weighted by Gasteiger charge is -2.21. The van der Waals surface area contributed by atoms with Crippen LogP contribution in [0.2, 0.25) is 0 Å². The molecule has 0 spiro atoms. The van der Waals surface area contributed by atoms with E-state index in [0.717, 1.165) is 25.7 Å².